The summed E-state index contributed by atoms with van der Waals surface area (Å²) in [6.07, 6.45) is 13.2. The van der Waals surface area contributed by atoms with Crippen molar-refractivity contribution in [3.05, 3.63) is 60.2 Å². The van der Waals surface area contributed by atoms with Crippen molar-refractivity contribution in [1.82, 2.24) is 15.2 Å². The average molecular weight is 452 g/mol. The number of likely N-dealkylation sites (tertiary alicyclic amines) is 1. The van der Waals surface area contributed by atoms with Gasteiger partial charge in [0.15, 0.2) is 11.6 Å². The molecule has 2 aliphatic rings. The SMILES string of the molecule is O=C(/C=C/c1ccc(Oc2cccnc2)c(F)c1)NC1CCN(C(=O)C2CCCCC2)CC1. The van der Waals surface area contributed by atoms with E-state index in [1.807, 2.05) is 4.90 Å². The van der Waals surface area contributed by atoms with E-state index in [0.717, 1.165) is 38.5 Å². The van der Waals surface area contributed by atoms with Gasteiger partial charge >= 0.3 is 0 Å². The van der Waals surface area contributed by atoms with Gasteiger partial charge in [0.2, 0.25) is 11.8 Å². The number of rotatable bonds is 6. The molecule has 0 bridgehead atoms. The summed E-state index contributed by atoms with van der Waals surface area (Å²) in [7, 11) is 0. The molecule has 0 atom stereocenters. The zero-order chi connectivity index (χ0) is 23.0. The Morgan fingerprint density at radius 2 is 1.88 bits per heavy atom. The van der Waals surface area contributed by atoms with Crippen molar-refractivity contribution in [2.45, 2.75) is 51.0 Å². The second-order valence-corrected chi connectivity index (χ2v) is 8.76. The number of pyridine rings is 1. The van der Waals surface area contributed by atoms with Gasteiger partial charge in [0, 0.05) is 37.3 Å². The molecule has 0 radical (unpaired) electrons. The standard InChI is InChI=1S/C26H30FN3O3/c27-23-17-19(8-10-24(23)33-22-7-4-14-28-18-22)9-11-25(31)29-21-12-15-30(16-13-21)26(32)20-5-2-1-3-6-20/h4,7-11,14,17-18,20-21H,1-3,5-6,12-13,15-16H2,(H,29,31)/b11-9+. The van der Waals surface area contributed by atoms with Crippen LogP contribution in [0.25, 0.3) is 6.08 Å². The first kappa shape index (κ1) is 23.0. The molecule has 1 N–H and O–H groups in total. The van der Waals surface area contributed by atoms with Gasteiger partial charge in [-0.1, -0.05) is 25.3 Å². The predicted molar refractivity (Wildman–Crippen MR) is 124 cm³/mol. The minimum absolute atomic E-state index is 0.0459. The van der Waals surface area contributed by atoms with Crippen LogP contribution < -0.4 is 10.1 Å². The molecule has 1 aliphatic heterocycles. The first-order chi connectivity index (χ1) is 16.1. The van der Waals surface area contributed by atoms with E-state index in [4.69, 9.17) is 4.74 Å². The second kappa shape index (κ2) is 11.1. The minimum Gasteiger partial charge on any atom is -0.453 e. The molecule has 1 aliphatic carbocycles. The summed E-state index contributed by atoms with van der Waals surface area (Å²) in [6.45, 7) is 1.38. The number of benzene rings is 1. The van der Waals surface area contributed by atoms with Crippen LogP contribution in [0, 0.1) is 11.7 Å². The third kappa shape index (κ3) is 6.40. The number of hydrogen-bond acceptors (Lipinski definition) is 4. The molecule has 4 rings (SSSR count). The molecule has 33 heavy (non-hydrogen) atoms. The first-order valence-electron chi connectivity index (χ1n) is 11.7. The molecule has 1 saturated heterocycles. The van der Waals surface area contributed by atoms with Crippen LogP contribution >= 0.6 is 0 Å². The molecule has 174 valence electrons. The van der Waals surface area contributed by atoms with E-state index in [-0.39, 0.29) is 29.5 Å². The highest BCUT2D eigenvalue weighted by atomic mass is 19.1. The zero-order valence-corrected chi connectivity index (χ0v) is 18.7. The van der Waals surface area contributed by atoms with Gasteiger partial charge in [0.25, 0.3) is 0 Å². The van der Waals surface area contributed by atoms with Crippen LogP contribution in [-0.2, 0) is 9.59 Å². The lowest BCUT2D eigenvalue weighted by molar-refractivity contribution is -0.137. The van der Waals surface area contributed by atoms with Crippen LogP contribution in [0.2, 0.25) is 0 Å². The summed E-state index contributed by atoms with van der Waals surface area (Å²) in [5, 5.41) is 3.00. The van der Waals surface area contributed by atoms with Crippen LogP contribution in [0.3, 0.4) is 0 Å². The molecule has 1 aromatic carbocycles. The van der Waals surface area contributed by atoms with Crippen LogP contribution in [0.5, 0.6) is 11.5 Å². The third-order valence-corrected chi connectivity index (χ3v) is 6.35. The van der Waals surface area contributed by atoms with Crippen molar-refractivity contribution >= 4 is 17.9 Å². The molecule has 2 heterocycles. The van der Waals surface area contributed by atoms with Crippen LogP contribution in [-0.4, -0.2) is 40.8 Å². The fraction of sp³-hybridized carbons (Fsp3) is 0.423. The first-order valence-corrected chi connectivity index (χ1v) is 11.7. The lowest BCUT2D eigenvalue weighted by atomic mass is 9.87. The summed E-state index contributed by atoms with van der Waals surface area (Å²) >= 11 is 0. The maximum Gasteiger partial charge on any atom is 0.244 e. The van der Waals surface area contributed by atoms with E-state index in [1.54, 1.807) is 30.5 Å². The van der Waals surface area contributed by atoms with Crippen LogP contribution in [0.15, 0.2) is 48.8 Å². The van der Waals surface area contributed by atoms with Crippen molar-refractivity contribution in [2.75, 3.05) is 13.1 Å². The number of piperidine rings is 1. The summed E-state index contributed by atoms with van der Waals surface area (Å²) in [5.41, 5.74) is 0.564. The smallest absolute Gasteiger partial charge is 0.244 e. The number of amides is 2. The lowest BCUT2D eigenvalue weighted by Crippen LogP contribution is -2.48. The van der Waals surface area contributed by atoms with E-state index in [2.05, 4.69) is 10.3 Å². The average Bonchev–Trinajstić information content (AvgIpc) is 2.85. The lowest BCUT2D eigenvalue weighted by Gasteiger charge is -2.35. The van der Waals surface area contributed by atoms with E-state index >= 15 is 0 Å². The van der Waals surface area contributed by atoms with Crippen molar-refractivity contribution in [2.24, 2.45) is 5.92 Å². The quantitative estimate of drug-likeness (QED) is 0.646. The Morgan fingerprint density at radius 1 is 1.09 bits per heavy atom. The van der Waals surface area contributed by atoms with Crippen LogP contribution in [0.4, 0.5) is 4.39 Å². The Bertz CT molecular complexity index is 982. The van der Waals surface area contributed by atoms with E-state index in [0.29, 0.717) is 24.4 Å². The number of nitrogens with zero attached hydrogens (tertiary/aromatic N) is 2. The number of carbonyl (C=O) groups excluding carboxylic acids is 2. The number of halogens is 1. The number of ether oxygens (including phenoxy) is 1. The molecular weight excluding hydrogens is 421 g/mol. The number of nitrogens with one attached hydrogen (secondary N) is 1. The van der Waals surface area contributed by atoms with Crippen LogP contribution in [0.1, 0.15) is 50.5 Å². The molecule has 2 amide bonds. The van der Waals surface area contributed by atoms with Gasteiger partial charge in [-0.3, -0.25) is 14.6 Å². The third-order valence-electron chi connectivity index (χ3n) is 6.35. The molecule has 0 unspecified atom stereocenters. The molecule has 2 aromatic rings. The molecule has 7 heteroatoms. The molecule has 0 spiro atoms. The van der Waals surface area contributed by atoms with Gasteiger partial charge in [0.05, 0.1) is 6.20 Å². The van der Waals surface area contributed by atoms with Gasteiger partial charge in [-0.15, -0.1) is 0 Å². The summed E-state index contributed by atoms with van der Waals surface area (Å²) < 4.78 is 19.8. The van der Waals surface area contributed by atoms with Gasteiger partial charge in [-0.05, 0) is 61.6 Å². The highest BCUT2D eigenvalue weighted by molar-refractivity contribution is 5.92. The molecule has 6 nitrogen and oxygen atoms in total. The fourth-order valence-electron chi connectivity index (χ4n) is 4.51. The Balaban J connectivity index is 1.24. The Labute approximate surface area is 193 Å². The summed E-state index contributed by atoms with van der Waals surface area (Å²) in [4.78, 5) is 30.9. The maximum absolute atomic E-state index is 14.4. The Morgan fingerprint density at radius 3 is 2.58 bits per heavy atom. The van der Waals surface area contributed by atoms with Gasteiger partial charge in [-0.2, -0.15) is 0 Å². The Hall–Kier alpha value is -3.22. The normalized spacial score (nSPS) is 17.8. The Kier molecular flexibility index (Phi) is 7.70. The second-order valence-electron chi connectivity index (χ2n) is 8.76. The molecule has 1 saturated carbocycles. The fourth-order valence-corrected chi connectivity index (χ4v) is 4.51. The topological polar surface area (TPSA) is 71.5 Å². The number of carbonyl (C=O) groups is 2. The minimum atomic E-state index is -0.517. The van der Waals surface area contributed by atoms with Crippen molar-refractivity contribution in [1.29, 1.82) is 0 Å². The zero-order valence-electron chi connectivity index (χ0n) is 18.7. The monoisotopic (exact) mass is 451 g/mol. The maximum atomic E-state index is 14.4. The number of hydrogen-bond donors (Lipinski definition) is 1. The molecule has 2 fully saturated rings. The van der Waals surface area contributed by atoms with E-state index < -0.39 is 5.82 Å². The highest BCUT2D eigenvalue weighted by Crippen LogP contribution is 2.27. The largest absolute Gasteiger partial charge is 0.453 e. The van der Waals surface area contributed by atoms with Gasteiger partial charge < -0.3 is 15.0 Å². The highest BCUT2D eigenvalue weighted by Gasteiger charge is 2.29. The number of aromatic nitrogens is 1. The van der Waals surface area contributed by atoms with Crippen molar-refractivity contribution in [3.8, 4) is 11.5 Å². The van der Waals surface area contributed by atoms with E-state index in [1.165, 1.54) is 30.8 Å². The summed E-state index contributed by atoms with van der Waals surface area (Å²) in [5.74, 6) is 0.288. The molecule has 1 aromatic heterocycles. The summed E-state index contributed by atoms with van der Waals surface area (Å²) in [6, 6.07) is 7.99. The van der Waals surface area contributed by atoms with Crippen molar-refractivity contribution < 1.29 is 18.7 Å². The van der Waals surface area contributed by atoms with Gasteiger partial charge in [-0.25, -0.2) is 4.39 Å². The molecular formula is C26H30FN3O3. The van der Waals surface area contributed by atoms with Crippen molar-refractivity contribution in [3.63, 3.8) is 0 Å². The van der Waals surface area contributed by atoms with Gasteiger partial charge in [0.1, 0.15) is 5.75 Å². The van der Waals surface area contributed by atoms with E-state index in [9.17, 15) is 14.0 Å². The predicted octanol–water partition coefficient (Wildman–Crippen LogP) is 4.71.